The van der Waals surface area contributed by atoms with Crippen molar-refractivity contribution in [1.82, 2.24) is 0 Å². The van der Waals surface area contributed by atoms with Crippen LogP contribution in [0.3, 0.4) is 0 Å². The zero-order valence-electron chi connectivity index (χ0n) is 7.27. The van der Waals surface area contributed by atoms with Gasteiger partial charge in [-0.2, -0.15) is 5.26 Å². The Morgan fingerprint density at radius 3 is 2.64 bits per heavy atom. The molecule has 0 aliphatic carbocycles. The highest BCUT2D eigenvalue weighted by molar-refractivity contribution is 7.15. The number of hydrogen-bond acceptors (Lipinski definition) is 6. The lowest BCUT2D eigenvalue weighted by Gasteiger charge is -1.97. The van der Waals surface area contributed by atoms with Crippen LogP contribution in [0.15, 0.2) is 0 Å². The smallest absolute Gasteiger partial charge is 0.352 e. The van der Waals surface area contributed by atoms with E-state index >= 15 is 0 Å². The second kappa shape index (κ2) is 3.98. The number of rotatable bonds is 2. The number of ether oxygens (including phenoxy) is 1. The van der Waals surface area contributed by atoms with Gasteiger partial charge in [0.15, 0.2) is 21.3 Å². The van der Waals surface area contributed by atoms with Crippen molar-refractivity contribution in [2.75, 3.05) is 6.61 Å². The van der Waals surface area contributed by atoms with Crippen molar-refractivity contribution in [2.45, 2.75) is 6.92 Å². The van der Waals surface area contributed by atoms with Crippen LogP contribution in [0.25, 0.3) is 0 Å². The van der Waals surface area contributed by atoms with Crippen molar-refractivity contribution in [3.63, 3.8) is 0 Å². The third-order valence-corrected chi connectivity index (χ3v) is 2.47. The molecule has 74 valence electrons. The first-order chi connectivity index (χ1) is 6.61. The summed E-state index contributed by atoms with van der Waals surface area (Å²) in [5.41, 5.74) is 0. The highest BCUT2D eigenvalue weighted by Crippen LogP contribution is 2.39. The molecule has 14 heavy (non-hydrogen) atoms. The standard InChI is InChI=1S/C8H7NO4S/c1-2-13-8(12)7-6(11)5(10)4(3-9)14-7/h10-11H,2H2,1H3. The van der Waals surface area contributed by atoms with Gasteiger partial charge in [-0.05, 0) is 6.92 Å². The van der Waals surface area contributed by atoms with Gasteiger partial charge in [0.1, 0.15) is 6.07 Å². The van der Waals surface area contributed by atoms with E-state index in [1.54, 1.807) is 13.0 Å². The molecule has 6 heteroatoms. The summed E-state index contributed by atoms with van der Waals surface area (Å²) in [7, 11) is 0. The largest absolute Gasteiger partial charge is 0.503 e. The minimum Gasteiger partial charge on any atom is -0.503 e. The summed E-state index contributed by atoms with van der Waals surface area (Å²) >= 11 is 0.699. The molecule has 1 aromatic heterocycles. The van der Waals surface area contributed by atoms with Gasteiger partial charge in [0.25, 0.3) is 0 Å². The summed E-state index contributed by atoms with van der Waals surface area (Å²) in [4.78, 5) is 10.9. The first kappa shape index (κ1) is 10.3. The van der Waals surface area contributed by atoms with Crippen molar-refractivity contribution in [3.8, 4) is 17.6 Å². The zero-order chi connectivity index (χ0) is 10.7. The summed E-state index contributed by atoms with van der Waals surface area (Å²) in [6.45, 7) is 1.78. The number of aromatic hydroxyl groups is 2. The van der Waals surface area contributed by atoms with Crippen molar-refractivity contribution in [3.05, 3.63) is 9.75 Å². The third-order valence-electron chi connectivity index (χ3n) is 1.42. The predicted molar refractivity (Wildman–Crippen MR) is 48.3 cm³/mol. The van der Waals surface area contributed by atoms with E-state index in [0.717, 1.165) is 0 Å². The Morgan fingerprint density at radius 2 is 2.21 bits per heavy atom. The molecule has 0 aromatic carbocycles. The van der Waals surface area contributed by atoms with Gasteiger partial charge >= 0.3 is 5.97 Å². The lowest BCUT2D eigenvalue weighted by Crippen LogP contribution is -2.01. The molecule has 0 unspecified atom stereocenters. The Kier molecular flexibility index (Phi) is 2.94. The molecule has 0 aliphatic rings. The maximum Gasteiger partial charge on any atom is 0.352 e. The summed E-state index contributed by atoms with van der Waals surface area (Å²) in [6.07, 6.45) is 0. The molecule has 1 rings (SSSR count). The monoisotopic (exact) mass is 213 g/mol. The van der Waals surface area contributed by atoms with Gasteiger partial charge < -0.3 is 14.9 Å². The van der Waals surface area contributed by atoms with E-state index in [4.69, 9.17) is 10.4 Å². The maximum atomic E-state index is 11.2. The summed E-state index contributed by atoms with van der Waals surface area (Å²) in [5, 5.41) is 26.9. The van der Waals surface area contributed by atoms with Gasteiger partial charge in [-0.3, -0.25) is 0 Å². The third kappa shape index (κ3) is 1.63. The molecule has 0 spiro atoms. The number of carbonyl (C=O) groups excluding carboxylic acids is 1. The van der Waals surface area contributed by atoms with Crippen LogP contribution >= 0.6 is 11.3 Å². The van der Waals surface area contributed by atoms with Crippen molar-refractivity contribution in [1.29, 1.82) is 5.26 Å². The zero-order valence-corrected chi connectivity index (χ0v) is 8.09. The van der Waals surface area contributed by atoms with Crippen LogP contribution in [-0.2, 0) is 4.74 Å². The van der Waals surface area contributed by atoms with Crippen LogP contribution in [0, 0.1) is 11.3 Å². The Morgan fingerprint density at radius 1 is 1.57 bits per heavy atom. The molecule has 0 bridgehead atoms. The molecule has 0 radical (unpaired) electrons. The molecule has 1 heterocycles. The lowest BCUT2D eigenvalue weighted by atomic mass is 10.3. The number of esters is 1. The van der Waals surface area contributed by atoms with Gasteiger partial charge in [0, 0.05) is 0 Å². The Balaban J connectivity index is 3.12. The second-order valence-electron chi connectivity index (χ2n) is 2.29. The highest BCUT2D eigenvalue weighted by atomic mass is 32.1. The van der Waals surface area contributed by atoms with Crippen LogP contribution in [0.4, 0.5) is 0 Å². The number of thiophene rings is 1. The van der Waals surface area contributed by atoms with Crippen LogP contribution in [0.5, 0.6) is 11.5 Å². The van der Waals surface area contributed by atoms with Crippen LogP contribution in [-0.4, -0.2) is 22.8 Å². The average molecular weight is 213 g/mol. The fourth-order valence-electron chi connectivity index (χ4n) is 0.825. The maximum absolute atomic E-state index is 11.2. The van der Waals surface area contributed by atoms with Gasteiger partial charge in [-0.1, -0.05) is 0 Å². The molecule has 1 aromatic rings. The van der Waals surface area contributed by atoms with Crippen molar-refractivity contribution < 1.29 is 19.7 Å². The molecule has 0 aliphatic heterocycles. The quantitative estimate of drug-likeness (QED) is 0.720. The predicted octanol–water partition coefficient (Wildman–Crippen LogP) is 1.21. The SMILES string of the molecule is CCOC(=O)c1sc(C#N)c(O)c1O. The molecule has 0 saturated heterocycles. The van der Waals surface area contributed by atoms with E-state index in [1.165, 1.54) is 0 Å². The number of nitriles is 1. The van der Waals surface area contributed by atoms with Gasteiger partial charge in [0.05, 0.1) is 6.61 Å². The van der Waals surface area contributed by atoms with E-state index in [9.17, 15) is 9.90 Å². The van der Waals surface area contributed by atoms with E-state index in [2.05, 4.69) is 4.74 Å². The van der Waals surface area contributed by atoms with Crippen LogP contribution in [0.2, 0.25) is 0 Å². The van der Waals surface area contributed by atoms with E-state index < -0.39 is 17.5 Å². The molecule has 0 fully saturated rings. The van der Waals surface area contributed by atoms with Crippen LogP contribution < -0.4 is 0 Å². The molecule has 5 nitrogen and oxygen atoms in total. The molecular formula is C8H7NO4S. The fourth-order valence-corrected chi connectivity index (χ4v) is 1.60. The Bertz CT molecular complexity index is 404. The molecule has 0 atom stereocenters. The molecule has 0 amide bonds. The first-order valence-electron chi connectivity index (χ1n) is 3.73. The van der Waals surface area contributed by atoms with Crippen molar-refractivity contribution in [2.24, 2.45) is 0 Å². The van der Waals surface area contributed by atoms with E-state index in [-0.39, 0.29) is 16.4 Å². The van der Waals surface area contributed by atoms with E-state index in [0.29, 0.717) is 11.3 Å². The second-order valence-corrected chi connectivity index (χ2v) is 3.31. The summed E-state index contributed by atoms with van der Waals surface area (Å²) < 4.78 is 4.61. The molecule has 2 N–H and O–H groups in total. The first-order valence-corrected chi connectivity index (χ1v) is 4.55. The minimum atomic E-state index is -0.744. The fraction of sp³-hybridized carbons (Fsp3) is 0.250. The van der Waals surface area contributed by atoms with Gasteiger partial charge in [-0.25, -0.2) is 4.79 Å². The minimum absolute atomic E-state index is 0.106. The summed E-state index contributed by atoms with van der Waals surface area (Å²) in [6, 6.07) is 1.65. The highest BCUT2D eigenvalue weighted by Gasteiger charge is 2.22. The normalized spacial score (nSPS) is 9.43. The summed E-state index contributed by atoms with van der Waals surface area (Å²) in [5.74, 6) is -1.91. The van der Waals surface area contributed by atoms with E-state index in [1.807, 2.05) is 0 Å². The average Bonchev–Trinajstić information content (AvgIpc) is 2.44. The Labute approximate surface area is 83.8 Å². The molecule has 0 saturated carbocycles. The Hall–Kier alpha value is -1.74. The van der Waals surface area contributed by atoms with Crippen LogP contribution in [0.1, 0.15) is 21.5 Å². The number of nitrogens with zero attached hydrogens (tertiary/aromatic N) is 1. The van der Waals surface area contributed by atoms with Crippen molar-refractivity contribution >= 4 is 17.3 Å². The topological polar surface area (TPSA) is 90.6 Å². The number of hydrogen-bond donors (Lipinski definition) is 2. The molecular weight excluding hydrogens is 206 g/mol. The lowest BCUT2D eigenvalue weighted by molar-refractivity contribution is 0.0528. The number of carbonyl (C=O) groups is 1. The van der Waals surface area contributed by atoms with Gasteiger partial charge in [0.2, 0.25) is 0 Å². The van der Waals surface area contributed by atoms with Gasteiger partial charge in [-0.15, -0.1) is 11.3 Å².